The molecule has 6 aromatic rings. The number of hydrogen-bond acceptors (Lipinski definition) is 16. The van der Waals surface area contributed by atoms with Crippen molar-refractivity contribution in [3.63, 3.8) is 0 Å². The highest BCUT2D eigenvalue weighted by Gasteiger charge is 2.50. The van der Waals surface area contributed by atoms with Crippen molar-refractivity contribution in [2.75, 3.05) is 157 Å². The van der Waals surface area contributed by atoms with Gasteiger partial charge >= 0.3 is 18.5 Å². The van der Waals surface area contributed by atoms with Crippen LogP contribution in [0.1, 0.15) is 249 Å². The van der Waals surface area contributed by atoms with E-state index in [2.05, 4.69) is 202 Å². The van der Waals surface area contributed by atoms with Crippen LogP contribution in [0.3, 0.4) is 0 Å². The lowest BCUT2D eigenvalue weighted by atomic mass is 9.65. The number of carbonyl (C=O) groups is 1. The number of fused-ring (bicyclic) bond motifs is 5. The second-order valence-corrected chi connectivity index (χ2v) is 45.1. The maximum absolute atomic E-state index is 13.4. The fraction of sp³-hybridized carbons (Fsp3) is 0.720. The number of para-hydroxylation sites is 1. The average molecular weight is 1760 g/mol. The third kappa shape index (κ3) is 22.9. The van der Waals surface area contributed by atoms with Crippen LogP contribution in [-0.4, -0.2) is 231 Å². The second kappa shape index (κ2) is 37.2. The summed E-state index contributed by atoms with van der Waals surface area (Å²) < 4.78 is 116. The summed E-state index contributed by atoms with van der Waals surface area (Å²) in [6.07, 6.45) is 18.3. The topological polar surface area (TPSA) is 126 Å². The molecule has 2 bridgehead atoms. The van der Waals surface area contributed by atoms with Gasteiger partial charge in [-0.25, -0.2) is 15.0 Å². The Morgan fingerprint density at radius 3 is 1.28 bits per heavy atom. The van der Waals surface area contributed by atoms with E-state index in [1.807, 2.05) is 23.4 Å². The number of anilines is 4. The van der Waals surface area contributed by atoms with Crippen molar-refractivity contribution in [3.05, 3.63) is 115 Å². The van der Waals surface area contributed by atoms with Gasteiger partial charge in [0.2, 0.25) is 11.7 Å². The van der Waals surface area contributed by atoms with Gasteiger partial charge in [0, 0.05) is 178 Å². The number of rotatable bonds is 6. The smallest absolute Gasteiger partial charge is 0.371 e. The van der Waals surface area contributed by atoms with Crippen LogP contribution in [0.25, 0.3) is 21.7 Å². The third-order valence-electron chi connectivity index (χ3n) is 32.0. The Hall–Kier alpha value is -6.71. The molecule has 1 amide bonds. The molecule has 12 saturated heterocycles. The maximum Gasteiger partial charge on any atom is 0.451 e. The van der Waals surface area contributed by atoms with Crippen molar-refractivity contribution in [1.29, 1.82) is 0 Å². The quantitative estimate of drug-likeness (QED) is 0.159. The zero-order chi connectivity index (χ0) is 90.5. The minimum Gasteiger partial charge on any atom is -0.371 e. The minimum atomic E-state index is -4.49. The van der Waals surface area contributed by atoms with Gasteiger partial charge in [-0.1, -0.05) is 18.2 Å². The summed E-state index contributed by atoms with van der Waals surface area (Å²) in [5, 5.41) is 6.57. The number of nitrogens with one attached hydrogen (secondary N) is 1. The first-order valence-corrected chi connectivity index (χ1v) is 47.6. The number of pyridine rings is 3. The second-order valence-electron chi connectivity index (χ2n) is 45.1. The molecule has 5 spiro atoms. The van der Waals surface area contributed by atoms with Gasteiger partial charge in [0.25, 0.3) is 0 Å². The summed E-state index contributed by atoms with van der Waals surface area (Å²) in [6, 6.07) is 19.7. The molecule has 1 unspecified atom stereocenters. The fourth-order valence-corrected chi connectivity index (χ4v) is 23.0. The van der Waals surface area contributed by atoms with Gasteiger partial charge in [0.05, 0.1) is 16.6 Å². The predicted molar refractivity (Wildman–Crippen MR) is 490 cm³/mol. The van der Waals surface area contributed by atoms with Crippen LogP contribution in [0.4, 0.5) is 62.5 Å². The summed E-state index contributed by atoms with van der Waals surface area (Å²) in [4.78, 5) is 56.6. The van der Waals surface area contributed by atoms with E-state index in [9.17, 15) is 44.3 Å². The SMILES string of the molecule is CC(C)(C)N1CCC2(CCC(C(=O)NC3CN4CCC3CC4)CC2)CC1.CC(C)(C)N1CCC2(CCN(c3ccc(C(F)(F)F)cn3)CC2)C1.CC(C)(C)N1CCC2(CCN(c3ccc4cnccc4c3)CC2)C1.CC(C)(C)N1CCC2(CCN(c3ccnc(C(F)(F)F)n3)CC2)C1.CC(C)(C)N1CCC2(CCN(c3ccnc4c(C(F)(F)F)cccc34)CC2)C1. The zero-order valence-electron chi connectivity index (χ0n) is 78.5. The largest absolute Gasteiger partial charge is 0.451 e. The third-order valence-corrected chi connectivity index (χ3v) is 32.0. The molecule has 13 fully saturated rings. The highest BCUT2D eigenvalue weighted by molar-refractivity contribution is 5.94. The first-order valence-electron chi connectivity index (χ1n) is 47.6. The molecule has 19 rings (SSSR count). The van der Waals surface area contributed by atoms with Crippen LogP contribution in [0.5, 0.6) is 0 Å². The van der Waals surface area contributed by atoms with Crippen LogP contribution in [0, 0.1) is 38.9 Å². The van der Waals surface area contributed by atoms with Gasteiger partial charge in [-0.15, -0.1) is 0 Å². The molecule has 13 aliphatic rings. The highest BCUT2D eigenvalue weighted by Crippen LogP contribution is 2.51. The van der Waals surface area contributed by atoms with Crippen LogP contribution in [0.15, 0.2) is 97.7 Å². The lowest BCUT2D eigenvalue weighted by molar-refractivity contribution is -0.145. The van der Waals surface area contributed by atoms with E-state index >= 15 is 0 Å². The summed E-state index contributed by atoms with van der Waals surface area (Å²) in [5.41, 5.74) is 4.26. The van der Waals surface area contributed by atoms with Crippen LogP contribution in [0.2, 0.25) is 0 Å². The van der Waals surface area contributed by atoms with E-state index < -0.39 is 35.5 Å². The van der Waals surface area contributed by atoms with E-state index in [1.54, 1.807) is 12.1 Å². The molecule has 1 N–H and O–H groups in total. The molecule has 126 heavy (non-hydrogen) atoms. The highest BCUT2D eigenvalue weighted by atomic mass is 19.4. The number of hydrogen-bond donors (Lipinski definition) is 1. The Kier molecular flexibility index (Phi) is 28.1. The van der Waals surface area contributed by atoms with Crippen LogP contribution < -0.4 is 24.9 Å². The number of aromatic nitrogens is 5. The minimum absolute atomic E-state index is 0.0487. The van der Waals surface area contributed by atoms with Crippen LogP contribution in [-0.2, 0) is 23.3 Å². The number of nitrogens with zero attached hydrogens (tertiary/aromatic N) is 15. The summed E-state index contributed by atoms with van der Waals surface area (Å²) in [5.74, 6) is 1.37. The van der Waals surface area contributed by atoms with Gasteiger partial charge in [0.15, 0.2) is 0 Å². The van der Waals surface area contributed by atoms with Crippen molar-refractivity contribution >= 4 is 50.6 Å². The molecular formula is C100H147F9N16O. The molecule has 696 valence electrons. The molecular weight excluding hydrogens is 1610 g/mol. The molecule has 0 radical (unpaired) electrons. The van der Waals surface area contributed by atoms with Crippen molar-refractivity contribution < 1.29 is 44.3 Å². The fourth-order valence-electron chi connectivity index (χ4n) is 23.0. The molecule has 16 heterocycles. The Balaban J connectivity index is 0.000000128. The van der Waals surface area contributed by atoms with E-state index in [-0.39, 0.29) is 28.1 Å². The summed E-state index contributed by atoms with van der Waals surface area (Å²) in [7, 11) is 0. The number of benzene rings is 2. The summed E-state index contributed by atoms with van der Waals surface area (Å²) in [6.45, 7) is 57.1. The first-order chi connectivity index (χ1) is 59.1. The van der Waals surface area contributed by atoms with Crippen molar-refractivity contribution in [3.8, 4) is 0 Å². The normalized spacial score (nSPS) is 24.7. The molecule has 17 nitrogen and oxygen atoms in total. The van der Waals surface area contributed by atoms with E-state index in [1.165, 1.54) is 170 Å². The molecule has 1 saturated carbocycles. The van der Waals surface area contributed by atoms with E-state index in [0.717, 1.165) is 166 Å². The van der Waals surface area contributed by atoms with Gasteiger partial charge in [0.1, 0.15) is 11.6 Å². The van der Waals surface area contributed by atoms with Gasteiger partial charge in [-0.2, -0.15) is 39.5 Å². The number of halogens is 9. The lowest BCUT2D eigenvalue weighted by Crippen LogP contribution is -2.58. The molecule has 1 atom stereocenters. The van der Waals surface area contributed by atoms with Crippen molar-refractivity contribution in [1.82, 2.24) is 59.6 Å². The standard InChI is InChI=1S/C22H28F3N3.C22H39N3O.C21H29N3.C18H26F3N3.C17H25F3N4/c1-20(2,3)28-14-10-21(15-28)8-12-27(13-9-21)18-7-11-26-19-16(18)5-4-6-17(19)22(23,24)25;1-21(2,3)25-14-10-22(11-15-25)8-4-18(5-9-22)20(26)23-19-16-24-12-6-17(19)7-13-24;1-20(2,3)24-13-9-21(16-24)7-11-23(12-8-21)19-5-4-18-15-22-10-6-17(18)14-19;1-16(2,3)24-11-8-17(13-24)6-9-23(10-7-17)15-5-4-14(12-22-15)18(19,20)21;1-15(2,3)24-11-7-16(12-24)5-9-23(10-6-16)13-4-8-21-14(22-13)17(18,19)20/h4-7,11H,8-10,12-15H2,1-3H3;17-19H,4-16H2,1-3H3,(H,23,26);4-6,10,14-15H,7-9,11-13,16H2,1-3H3;4-5,12H,6-11,13H2,1-3H3;4,8H,5-7,9-12H2,1-3H3. The van der Waals surface area contributed by atoms with Crippen molar-refractivity contribution in [2.24, 2.45) is 38.9 Å². The Labute approximate surface area is 745 Å². The van der Waals surface area contributed by atoms with E-state index in [4.69, 9.17) is 0 Å². The van der Waals surface area contributed by atoms with Gasteiger partial charge < -0.3 is 29.8 Å². The number of likely N-dealkylation sites (tertiary alicyclic amines) is 5. The summed E-state index contributed by atoms with van der Waals surface area (Å²) >= 11 is 0. The monoisotopic (exact) mass is 1760 g/mol. The number of carbonyl (C=O) groups excluding carboxylic acids is 1. The molecule has 4 aromatic heterocycles. The van der Waals surface area contributed by atoms with Gasteiger partial charge in [-0.05, 0) is 372 Å². The number of amides is 1. The van der Waals surface area contributed by atoms with Crippen molar-refractivity contribution in [2.45, 2.75) is 285 Å². The average Bonchev–Trinajstić information content (AvgIpc) is 1.08. The Bertz CT molecular complexity index is 4580. The van der Waals surface area contributed by atoms with Gasteiger partial charge in [-0.3, -0.25) is 39.3 Å². The number of piperidine rings is 8. The predicted octanol–water partition coefficient (Wildman–Crippen LogP) is 20.7. The molecule has 26 heteroatoms. The molecule has 12 aliphatic heterocycles. The Morgan fingerprint density at radius 1 is 0.389 bits per heavy atom. The first kappa shape index (κ1) is 95.4. The lowest BCUT2D eigenvalue weighted by Gasteiger charge is -2.49. The van der Waals surface area contributed by atoms with E-state index in [0.29, 0.717) is 67.1 Å². The number of alkyl halides is 9. The molecule has 1 aliphatic carbocycles. The molecule has 2 aromatic carbocycles. The Morgan fingerprint density at radius 2 is 0.841 bits per heavy atom. The maximum atomic E-state index is 13.4. The zero-order valence-corrected chi connectivity index (χ0v) is 78.5. The van der Waals surface area contributed by atoms with Crippen LogP contribution >= 0.6 is 0 Å².